The SMILES string of the molecule is CC(Nc1ccn2ncc(C(=O)O)c2n1)c1cc(Cl)cc2c1OC(C)(CN)C2. The molecule has 0 radical (unpaired) electrons. The maximum atomic E-state index is 11.3. The predicted molar refractivity (Wildman–Crippen MR) is 105 cm³/mol. The van der Waals surface area contributed by atoms with Gasteiger partial charge in [0, 0.05) is 35.3 Å². The number of fused-ring (bicyclic) bond motifs is 2. The Hall–Kier alpha value is -2.84. The molecule has 0 fully saturated rings. The standard InChI is InChI=1S/C19H20ClN5O3/c1-10(13-6-12(20)5-11-7-19(2,9-21)28-16(11)13)23-15-3-4-25-17(24-15)14(8-22-25)18(26)27/h3-6,8,10H,7,9,21H2,1-2H3,(H,23,24)(H,26,27). The van der Waals surface area contributed by atoms with Crippen molar-refractivity contribution in [1.82, 2.24) is 14.6 Å². The van der Waals surface area contributed by atoms with E-state index in [1.54, 1.807) is 12.3 Å². The number of nitrogens with one attached hydrogen (secondary N) is 1. The second-order valence-electron chi connectivity index (χ2n) is 7.23. The molecule has 28 heavy (non-hydrogen) atoms. The Labute approximate surface area is 166 Å². The molecule has 1 aromatic carbocycles. The van der Waals surface area contributed by atoms with Crippen LogP contribution in [0.15, 0.2) is 30.6 Å². The van der Waals surface area contributed by atoms with Gasteiger partial charge < -0.3 is 20.9 Å². The van der Waals surface area contributed by atoms with Crippen molar-refractivity contribution in [2.75, 3.05) is 11.9 Å². The molecule has 8 nitrogen and oxygen atoms in total. The van der Waals surface area contributed by atoms with E-state index in [1.165, 1.54) is 10.7 Å². The van der Waals surface area contributed by atoms with Gasteiger partial charge in [0.05, 0.1) is 12.2 Å². The van der Waals surface area contributed by atoms with Gasteiger partial charge in [-0.1, -0.05) is 11.6 Å². The van der Waals surface area contributed by atoms with Crippen LogP contribution >= 0.6 is 11.6 Å². The van der Waals surface area contributed by atoms with Gasteiger partial charge in [0.25, 0.3) is 0 Å². The third-order valence-electron chi connectivity index (χ3n) is 4.93. The number of aromatic carboxylic acids is 1. The zero-order valence-electron chi connectivity index (χ0n) is 15.4. The molecule has 1 aliphatic rings. The lowest BCUT2D eigenvalue weighted by Gasteiger charge is -2.23. The van der Waals surface area contributed by atoms with Crippen molar-refractivity contribution in [1.29, 1.82) is 0 Å². The largest absolute Gasteiger partial charge is 0.485 e. The van der Waals surface area contributed by atoms with E-state index in [1.807, 2.05) is 26.0 Å². The number of rotatable bonds is 5. The van der Waals surface area contributed by atoms with Crippen LogP contribution in [0.1, 0.15) is 41.4 Å². The first kappa shape index (κ1) is 18.5. The Kier molecular flexibility index (Phi) is 4.40. The summed E-state index contributed by atoms with van der Waals surface area (Å²) in [7, 11) is 0. The van der Waals surface area contributed by atoms with Gasteiger partial charge in [-0.05, 0) is 32.0 Å². The van der Waals surface area contributed by atoms with Crippen molar-refractivity contribution in [3.63, 3.8) is 0 Å². The molecule has 2 unspecified atom stereocenters. The van der Waals surface area contributed by atoms with Crippen molar-refractivity contribution in [3.05, 3.63) is 52.3 Å². The summed E-state index contributed by atoms with van der Waals surface area (Å²) < 4.78 is 7.58. The third kappa shape index (κ3) is 3.14. The van der Waals surface area contributed by atoms with Crippen molar-refractivity contribution in [3.8, 4) is 5.75 Å². The molecular formula is C19H20ClN5O3. The lowest BCUT2D eigenvalue weighted by Crippen LogP contribution is -2.39. The van der Waals surface area contributed by atoms with Crippen molar-refractivity contribution in [2.45, 2.75) is 31.9 Å². The van der Waals surface area contributed by atoms with E-state index in [0.717, 1.165) is 16.9 Å². The highest BCUT2D eigenvalue weighted by atomic mass is 35.5. The first-order valence-electron chi connectivity index (χ1n) is 8.85. The van der Waals surface area contributed by atoms with Gasteiger partial charge in [0.2, 0.25) is 0 Å². The van der Waals surface area contributed by atoms with Gasteiger partial charge in [-0.3, -0.25) is 0 Å². The number of ether oxygens (including phenoxy) is 1. The number of halogens is 1. The number of anilines is 1. The van der Waals surface area contributed by atoms with Crippen LogP contribution in [0.3, 0.4) is 0 Å². The fourth-order valence-corrected chi connectivity index (χ4v) is 3.70. The minimum Gasteiger partial charge on any atom is -0.485 e. The second-order valence-corrected chi connectivity index (χ2v) is 7.66. The number of carboxylic acids is 1. The van der Waals surface area contributed by atoms with Crippen LogP contribution < -0.4 is 15.8 Å². The monoisotopic (exact) mass is 401 g/mol. The number of hydrogen-bond acceptors (Lipinski definition) is 6. The summed E-state index contributed by atoms with van der Waals surface area (Å²) in [4.78, 5) is 15.7. The van der Waals surface area contributed by atoms with Crippen LogP contribution in [0.4, 0.5) is 5.82 Å². The number of carbonyl (C=O) groups is 1. The zero-order valence-corrected chi connectivity index (χ0v) is 16.2. The number of aromatic nitrogens is 3. The summed E-state index contributed by atoms with van der Waals surface area (Å²) in [6.07, 6.45) is 3.64. The molecule has 3 aromatic rings. The van der Waals surface area contributed by atoms with Gasteiger partial charge in [-0.2, -0.15) is 5.10 Å². The van der Waals surface area contributed by atoms with Crippen LogP contribution in [-0.4, -0.2) is 37.8 Å². The Bertz CT molecular complexity index is 1080. The summed E-state index contributed by atoms with van der Waals surface area (Å²) in [5, 5.41) is 17.2. The van der Waals surface area contributed by atoms with Crippen LogP contribution in [0.25, 0.3) is 5.65 Å². The van der Waals surface area contributed by atoms with Gasteiger partial charge in [0.1, 0.15) is 22.7 Å². The van der Waals surface area contributed by atoms with Crippen LogP contribution in [-0.2, 0) is 6.42 Å². The molecule has 0 bridgehead atoms. The highest BCUT2D eigenvalue weighted by Gasteiger charge is 2.36. The number of nitrogens with zero attached hydrogens (tertiary/aromatic N) is 3. The van der Waals surface area contributed by atoms with E-state index < -0.39 is 11.6 Å². The van der Waals surface area contributed by atoms with Crippen LogP contribution in [0.2, 0.25) is 5.02 Å². The highest BCUT2D eigenvalue weighted by Crippen LogP contribution is 2.42. The fraction of sp³-hybridized carbons (Fsp3) is 0.316. The topological polar surface area (TPSA) is 115 Å². The molecule has 9 heteroatoms. The molecule has 3 heterocycles. The average molecular weight is 402 g/mol. The molecule has 0 amide bonds. The number of nitrogens with two attached hydrogens (primary N) is 1. The van der Waals surface area contributed by atoms with E-state index in [0.29, 0.717) is 23.8 Å². The Morgan fingerprint density at radius 1 is 1.54 bits per heavy atom. The highest BCUT2D eigenvalue weighted by molar-refractivity contribution is 6.30. The molecule has 1 aliphatic heterocycles. The van der Waals surface area contributed by atoms with Crippen molar-refractivity contribution >= 4 is 29.0 Å². The summed E-state index contributed by atoms with van der Waals surface area (Å²) in [6, 6.07) is 5.32. The smallest absolute Gasteiger partial charge is 0.341 e. The predicted octanol–water partition coefficient (Wildman–Crippen LogP) is 2.91. The Balaban J connectivity index is 1.67. The maximum Gasteiger partial charge on any atom is 0.341 e. The molecule has 4 N–H and O–H groups in total. The van der Waals surface area contributed by atoms with Gasteiger partial charge >= 0.3 is 5.97 Å². The van der Waals surface area contributed by atoms with E-state index in [2.05, 4.69) is 15.4 Å². The third-order valence-corrected chi connectivity index (χ3v) is 5.15. The average Bonchev–Trinajstić information content (AvgIpc) is 3.21. The molecule has 0 saturated carbocycles. The fourth-order valence-electron chi connectivity index (χ4n) is 3.45. The summed E-state index contributed by atoms with van der Waals surface area (Å²) in [5.74, 6) is 0.236. The van der Waals surface area contributed by atoms with Gasteiger partial charge in [0.15, 0.2) is 5.65 Å². The number of benzene rings is 1. The van der Waals surface area contributed by atoms with Gasteiger partial charge in [-0.25, -0.2) is 14.3 Å². The minimum atomic E-state index is -1.07. The van der Waals surface area contributed by atoms with Crippen molar-refractivity contribution in [2.24, 2.45) is 5.73 Å². The van der Waals surface area contributed by atoms with Gasteiger partial charge in [-0.15, -0.1) is 0 Å². The zero-order chi connectivity index (χ0) is 20.1. The lowest BCUT2D eigenvalue weighted by molar-refractivity contribution is 0.0698. The normalized spacial score (nSPS) is 19.3. The molecule has 0 saturated heterocycles. The minimum absolute atomic E-state index is 0.0435. The summed E-state index contributed by atoms with van der Waals surface area (Å²) >= 11 is 6.32. The summed E-state index contributed by atoms with van der Waals surface area (Å²) in [6.45, 7) is 4.34. The lowest BCUT2D eigenvalue weighted by atomic mass is 9.97. The molecule has 0 spiro atoms. The number of carboxylic acid groups (broad SMARTS) is 1. The molecule has 146 valence electrons. The molecule has 0 aliphatic carbocycles. The first-order chi connectivity index (χ1) is 13.3. The molecule has 2 atom stereocenters. The molecule has 2 aromatic heterocycles. The van der Waals surface area contributed by atoms with E-state index in [-0.39, 0.29) is 17.3 Å². The quantitative estimate of drug-likeness (QED) is 0.602. The second kappa shape index (κ2) is 6.65. The number of hydrogen-bond donors (Lipinski definition) is 3. The van der Waals surface area contributed by atoms with E-state index >= 15 is 0 Å². The van der Waals surface area contributed by atoms with Crippen LogP contribution in [0.5, 0.6) is 5.75 Å². The van der Waals surface area contributed by atoms with Crippen molar-refractivity contribution < 1.29 is 14.6 Å². The maximum absolute atomic E-state index is 11.3. The van der Waals surface area contributed by atoms with E-state index in [4.69, 9.17) is 22.1 Å². The molecular weight excluding hydrogens is 382 g/mol. The molecule has 4 rings (SSSR count). The Morgan fingerprint density at radius 3 is 3.04 bits per heavy atom. The first-order valence-corrected chi connectivity index (χ1v) is 9.23. The van der Waals surface area contributed by atoms with E-state index in [9.17, 15) is 9.90 Å². The van der Waals surface area contributed by atoms with Crippen LogP contribution in [0, 0.1) is 0 Å². The Morgan fingerprint density at radius 2 is 2.32 bits per heavy atom. The summed E-state index contributed by atoms with van der Waals surface area (Å²) in [5.41, 5.74) is 7.66.